The zero-order valence-electron chi connectivity index (χ0n) is 9.33. The molecule has 84 valence electrons. The van der Waals surface area contributed by atoms with Crippen LogP contribution in [0.2, 0.25) is 0 Å². The van der Waals surface area contributed by atoms with E-state index < -0.39 is 0 Å². The molecule has 0 bridgehead atoms. The maximum atomic E-state index is 8.87. The minimum atomic E-state index is 0.612. The summed E-state index contributed by atoms with van der Waals surface area (Å²) in [6, 6.07) is 8.55. The van der Waals surface area contributed by atoms with Gasteiger partial charge in [0.25, 0.3) is 0 Å². The summed E-state index contributed by atoms with van der Waals surface area (Å²) < 4.78 is 0.960. The molecule has 1 fully saturated rings. The summed E-state index contributed by atoms with van der Waals surface area (Å²) in [6.45, 7) is 2.22. The molecule has 2 atom stereocenters. The number of rotatable bonds is 4. The predicted octanol–water partition coefficient (Wildman–Crippen LogP) is 3.92. The van der Waals surface area contributed by atoms with Crippen LogP contribution in [0.5, 0.6) is 0 Å². The molecule has 0 aromatic heterocycles. The Kier molecular flexibility index (Phi) is 3.50. The first-order valence-corrected chi connectivity index (χ1v) is 6.49. The van der Waals surface area contributed by atoms with Crippen molar-refractivity contribution in [2.45, 2.75) is 32.2 Å². The molecule has 0 spiro atoms. The Morgan fingerprint density at radius 2 is 2.31 bits per heavy atom. The first-order valence-electron chi connectivity index (χ1n) is 5.70. The van der Waals surface area contributed by atoms with Crippen LogP contribution in [0, 0.1) is 17.2 Å². The molecule has 2 unspecified atom stereocenters. The van der Waals surface area contributed by atoms with E-state index in [4.69, 9.17) is 5.26 Å². The average molecular weight is 279 g/mol. The van der Waals surface area contributed by atoms with Gasteiger partial charge in [-0.2, -0.15) is 5.26 Å². The van der Waals surface area contributed by atoms with Gasteiger partial charge in [-0.15, -0.1) is 0 Å². The van der Waals surface area contributed by atoms with Crippen LogP contribution in [0.4, 0.5) is 5.69 Å². The van der Waals surface area contributed by atoms with Gasteiger partial charge in [0, 0.05) is 16.2 Å². The molecule has 3 heteroatoms. The third-order valence-electron chi connectivity index (χ3n) is 2.96. The Labute approximate surface area is 105 Å². The highest BCUT2D eigenvalue weighted by Crippen LogP contribution is 2.37. The standard InChI is InChI=1S/C13H15BrN2/c1-2-3-10-6-13(10)16-12-5-9(8-15)4-11(14)7-12/h4-5,7,10,13,16H,2-3,6H2,1H3. The van der Waals surface area contributed by atoms with Crippen molar-refractivity contribution < 1.29 is 0 Å². The number of hydrogen-bond acceptors (Lipinski definition) is 2. The Morgan fingerprint density at radius 3 is 3.00 bits per heavy atom. The lowest BCUT2D eigenvalue weighted by molar-refractivity contribution is 0.693. The summed E-state index contributed by atoms with van der Waals surface area (Å²) >= 11 is 3.42. The number of nitrogens with one attached hydrogen (secondary N) is 1. The number of benzene rings is 1. The van der Waals surface area contributed by atoms with Crippen LogP contribution in [0.3, 0.4) is 0 Å². The van der Waals surface area contributed by atoms with Crippen molar-refractivity contribution in [3.63, 3.8) is 0 Å². The largest absolute Gasteiger partial charge is 0.382 e. The van der Waals surface area contributed by atoms with E-state index in [-0.39, 0.29) is 0 Å². The molecule has 1 aliphatic rings. The van der Waals surface area contributed by atoms with Crippen molar-refractivity contribution in [3.8, 4) is 6.07 Å². The van der Waals surface area contributed by atoms with Gasteiger partial charge in [0.05, 0.1) is 11.6 Å². The van der Waals surface area contributed by atoms with Crippen LogP contribution < -0.4 is 5.32 Å². The molecule has 1 saturated carbocycles. The van der Waals surface area contributed by atoms with Crippen LogP contribution in [0.15, 0.2) is 22.7 Å². The summed E-state index contributed by atoms with van der Waals surface area (Å²) in [5.74, 6) is 0.828. The van der Waals surface area contributed by atoms with Gasteiger partial charge in [-0.1, -0.05) is 29.3 Å². The van der Waals surface area contributed by atoms with Crippen LogP contribution in [-0.2, 0) is 0 Å². The van der Waals surface area contributed by atoms with Crippen molar-refractivity contribution in [2.24, 2.45) is 5.92 Å². The highest BCUT2D eigenvalue weighted by molar-refractivity contribution is 9.10. The van der Waals surface area contributed by atoms with Crippen molar-refractivity contribution in [2.75, 3.05) is 5.32 Å². The van der Waals surface area contributed by atoms with Crippen molar-refractivity contribution in [1.82, 2.24) is 0 Å². The van der Waals surface area contributed by atoms with Gasteiger partial charge in [0.15, 0.2) is 0 Å². The van der Waals surface area contributed by atoms with Crippen LogP contribution in [0.25, 0.3) is 0 Å². The van der Waals surface area contributed by atoms with Gasteiger partial charge < -0.3 is 5.32 Å². The fourth-order valence-corrected chi connectivity index (χ4v) is 2.56. The third kappa shape index (κ3) is 2.76. The van der Waals surface area contributed by atoms with Crippen molar-refractivity contribution in [1.29, 1.82) is 5.26 Å². The quantitative estimate of drug-likeness (QED) is 0.906. The smallest absolute Gasteiger partial charge is 0.0992 e. The first-order chi connectivity index (χ1) is 7.72. The fourth-order valence-electron chi connectivity index (χ4n) is 2.07. The van der Waals surface area contributed by atoms with E-state index in [9.17, 15) is 0 Å². The summed E-state index contributed by atoms with van der Waals surface area (Å²) in [5, 5.41) is 12.4. The Hall–Kier alpha value is -1.01. The first kappa shape index (κ1) is 11.5. The molecule has 1 aromatic carbocycles. The molecule has 0 amide bonds. The third-order valence-corrected chi connectivity index (χ3v) is 3.42. The molecule has 0 aliphatic heterocycles. The molecular formula is C13H15BrN2. The molecule has 2 nitrogen and oxygen atoms in total. The lowest BCUT2D eigenvalue weighted by Crippen LogP contribution is -2.04. The molecule has 1 aromatic rings. The van der Waals surface area contributed by atoms with Crippen LogP contribution >= 0.6 is 15.9 Å². The van der Waals surface area contributed by atoms with E-state index in [0.29, 0.717) is 11.6 Å². The maximum absolute atomic E-state index is 8.87. The van der Waals surface area contributed by atoms with E-state index in [0.717, 1.165) is 16.1 Å². The molecule has 16 heavy (non-hydrogen) atoms. The van der Waals surface area contributed by atoms with E-state index in [1.165, 1.54) is 19.3 Å². The van der Waals surface area contributed by atoms with E-state index in [1.807, 2.05) is 18.2 Å². The lowest BCUT2D eigenvalue weighted by atomic mass is 10.2. The van der Waals surface area contributed by atoms with Gasteiger partial charge in [0.1, 0.15) is 0 Å². The molecule has 1 aliphatic carbocycles. The second-order valence-corrected chi connectivity index (χ2v) is 5.29. The Balaban J connectivity index is 2.00. The zero-order chi connectivity index (χ0) is 11.5. The number of nitriles is 1. The normalized spacial score (nSPS) is 22.6. The number of hydrogen-bond donors (Lipinski definition) is 1. The van der Waals surface area contributed by atoms with Gasteiger partial charge in [0.2, 0.25) is 0 Å². The predicted molar refractivity (Wildman–Crippen MR) is 69.3 cm³/mol. The number of anilines is 1. The second-order valence-electron chi connectivity index (χ2n) is 4.38. The Morgan fingerprint density at radius 1 is 1.50 bits per heavy atom. The molecule has 0 heterocycles. The van der Waals surface area contributed by atoms with Crippen LogP contribution in [0.1, 0.15) is 31.7 Å². The summed E-state index contributed by atoms with van der Waals surface area (Å²) in [5.41, 5.74) is 1.75. The van der Waals surface area contributed by atoms with Gasteiger partial charge in [-0.3, -0.25) is 0 Å². The molecule has 1 N–H and O–H groups in total. The lowest BCUT2D eigenvalue weighted by Gasteiger charge is -2.06. The van der Waals surface area contributed by atoms with Crippen molar-refractivity contribution >= 4 is 21.6 Å². The fraction of sp³-hybridized carbons (Fsp3) is 0.462. The van der Waals surface area contributed by atoms with Gasteiger partial charge >= 0.3 is 0 Å². The SMILES string of the molecule is CCCC1CC1Nc1cc(Br)cc(C#N)c1. The van der Waals surface area contributed by atoms with Crippen molar-refractivity contribution in [3.05, 3.63) is 28.2 Å². The average Bonchev–Trinajstić information content (AvgIpc) is 2.96. The summed E-state index contributed by atoms with van der Waals surface area (Å²) in [7, 11) is 0. The van der Waals surface area contributed by atoms with E-state index in [2.05, 4.69) is 34.2 Å². The van der Waals surface area contributed by atoms with E-state index >= 15 is 0 Å². The Bertz CT molecular complexity index is 422. The second kappa shape index (κ2) is 4.88. The van der Waals surface area contributed by atoms with Gasteiger partial charge in [-0.25, -0.2) is 0 Å². The zero-order valence-corrected chi connectivity index (χ0v) is 10.9. The molecule has 0 saturated heterocycles. The molecular weight excluding hydrogens is 264 g/mol. The highest BCUT2D eigenvalue weighted by atomic mass is 79.9. The maximum Gasteiger partial charge on any atom is 0.0992 e. The van der Waals surface area contributed by atoms with Crippen LogP contribution in [-0.4, -0.2) is 6.04 Å². The summed E-state index contributed by atoms with van der Waals surface area (Å²) in [4.78, 5) is 0. The molecule has 2 rings (SSSR count). The number of nitrogens with zero attached hydrogens (tertiary/aromatic N) is 1. The minimum Gasteiger partial charge on any atom is -0.382 e. The van der Waals surface area contributed by atoms with Gasteiger partial charge in [-0.05, 0) is 37.0 Å². The monoisotopic (exact) mass is 278 g/mol. The minimum absolute atomic E-state index is 0.612. The highest BCUT2D eigenvalue weighted by Gasteiger charge is 2.35. The number of halogens is 1. The molecule has 0 radical (unpaired) electrons. The topological polar surface area (TPSA) is 35.8 Å². The summed E-state index contributed by atoms with van der Waals surface area (Å²) in [6.07, 6.45) is 3.82. The van der Waals surface area contributed by atoms with E-state index in [1.54, 1.807) is 0 Å².